The molecule has 9 heteroatoms. The number of halogens is 2. The van der Waals surface area contributed by atoms with Crippen LogP contribution < -0.4 is 20.3 Å². The molecule has 1 unspecified atom stereocenters. The van der Waals surface area contributed by atoms with E-state index in [1.165, 1.54) is 0 Å². The summed E-state index contributed by atoms with van der Waals surface area (Å²) < 4.78 is 30.2. The molecule has 0 aliphatic carbocycles. The fourth-order valence-corrected chi connectivity index (χ4v) is 3.92. The summed E-state index contributed by atoms with van der Waals surface area (Å²) >= 11 is 0. The normalized spacial score (nSPS) is 16.7. The van der Waals surface area contributed by atoms with Gasteiger partial charge in [-0.05, 0) is 37.6 Å². The Morgan fingerprint density at radius 2 is 2.06 bits per heavy atom. The SMILES string of the molecule is CCNC(=NCCc1nc2ccccc2[nH]1)NC1CCN(c2ccccc2OC(F)F)C1. The van der Waals surface area contributed by atoms with Crippen molar-refractivity contribution in [1.29, 1.82) is 0 Å². The highest BCUT2D eigenvalue weighted by atomic mass is 19.3. The van der Waals surface area contributed by atoms with Crippen LogP contribution in [0.4, 0.5) is 14.5 Å². The number of hydrogen-bond acceptors (Lipinski definition) is 4. The first-order valence-electron chi connectivity index (χ1n) is 10.9. The molecule has 32 heavy (non-hydrogen) atoms. The predicted molar refractivity (Wildman–Crippen MR) is 123 cm³/mol. The predicted octanol–water partition coefficient (Wildman–Crippen LogP) is 3.54. The summed E-state index contributed by atoms with van der Waals surface area (Å²) in [7, 11) is 0. The number of guanidine groups is 1. The van der Waals surface area contributed by atoms with E-state index in [1.807, 2.05) is 43.3 Å². The lowest BCUT2D eigenvalue weighted by Gasteiger charge is -2.22. The number of aromatic nitrogens is 2. The van der Waals surface area contributed by atoms with Crippen molar-refractivity contribution in [3.63, 3.8) is 0 Å². The summed E-state index contributed by atoms with van der Waals surface area (Å²) in [5.41, 5.74) is 2.67. The lowest BCUT2D eigenvalue weighted by molar-refractivity contribution is -0.0495. The van der Waals surface area contributed by atoms with Crippen LogP contribution in [0.1, 0.15) is 19.2 Å². The fourth-order valence-electron chi connectivity index (χ4n) is 3.92. The number of anilines is 1. The van der Waals surface area contributed by atoms with Crippen molar-refractivity contribution in [1.82, 2.24) is 20.6 Å². The summed E-state index contributed by atoms with van der Waals surface area (Å²) in [5, 5.41) is 6.75. The number of alkyl halides is 2. The van der Waals surface area contributed by atoms with Crippen molar-refractivity contribution >= 4 is 22.7 Å². The van der Waals surface area contributed by atoms with Crippen molar-refractivity contribution in [2.75, 3.05) is 31.1 Å². The molecule has 1 aromatic heterocycles. The van der Waals surface area contributed by atoms with Crippen LogP contribution in [0.15, 0.2) is 53.5 Å². The molecule has 0 amide bonds. The van der Waals surface area contributed by atoms with E-state index in [1.54, 1.807) is 12.1 Å². The number of rotatable bonds is 8. The van der Waals surface area contributed by atoms with Crippen LogP contribution in [-0.4, -0.2) is 54.8 Å². The van der Waals surface area contributed by atoms with Crippen molar-refractivity contribution in [2.24, 2.45) is 4.99 Å². The van der Waals surface area contributed by atoms with E-state index in [4.69, 9.17) is 0 Å². The monoisotopic (exact) mass is 442 g/mol. The van der Waals surface area contributed by atoms with Gasteiger partial charge in [0.25, 0.3) is 0 Å². The van der Waals surface area contributed by atoms with Crippen LogP contribution in [-0.2, 0) is 6.42 Å². The van der Waals surface area contributed by atoms with Gasteiger partial charge in [-0.15, -0.1) is 0 Å². The van der Waals surface area contributed by atoms with Crippen LogP contribution in [0.5, 0.6) is 5.75 Å². The summed E-state index contributed by atoms with van der Waals surface area (Å²) in [6.07, 6.45) is 1.58. The average Bonchev–Trinajstić information content (AvgIpc) is 3.40. The zero-order valence-corrected chi connectivity index (χ0v) is 18.0. The van der Waals surface area contributed by atoms with E-state index in [9.17, 15) is 8.78 Å². The summed E-state index contributed by atoms with van der Waals surface area (Å²) in [5.74, 6) is 1.86. The van der Waals surface area contributed by atoms with Crippen LogP contribution in [0, 0.1) is 0 Å². The molecule has 2 heterocycles. The molecule has 1 fully saturated rings. The van der Waals surface area contributed by atoms with Gasteiger partial charge in [-0.1, -0.05) is 24.3 Å². The van der Waals surface area contributed by atoms with Crippen LogP contribution in [0.3, 0.4) is 0 Å². The third-order valence-corrected chi connectivity index (χ3v) is 5.35. The number of hydrogen-bond donors (Lipinski definition) is 3. The number of ether oxygens (including phenoxy) is 1. The number of H-pyrrole nitrogens is 1. The van der Waals surface area contributed by atoms with E-state index in [-0.39, 0.29) is 11.8 Å². The molecule has 4 rings (SSSR count). The number of imidazole rings is 1. The van der Waals surface area contributed by atoms with E-state index in [2.05, 4.69) is 35.2 Å². The van der Waals surface area contributed by atoms with Gasteiger partial charge in [0.05, 0.1) is 16.7 Å². The van der Waals surface area contributed by atoms with Gasteiger partial charge in [0.2, 0.25) is 0 Å². The van der Waals surface area contributed by atoms with E-state index in [0.717, 1.165) is 42.3 Å². The average molecular weight is 443 g/mol. The van der Waals surface area contributed by atoms with Gasteiger partial charge in [-0.2, -0.15) is 8.78 Å². The summed E-state index contributed by atoms with van der Waals surface area (Å²) in [4.78, 5) is 14.7. The van der Waals surface area contributed by atoms with Crippen molar-refractivity contribution < 1.29 is 13.5 Å². The zero-order chi connectivity index (χ0) is 22.3. The van der Waals surface area contributed by atoms with Gasteiger partial charge in [0.1, 0.15) is 11.6 Å². The summed E-state index contributed by atoms with van der Waals surface area (Å²) in [6, 6.07) is 15.0. The van der Waals surface area contributed by atoms with Gasteiger partial charge in [0.15, 0.2) is 5.96 Å². The van der Waals surface area contributed by atoms with E-state index < -0.39 is 6.61 Å². The third kappa shape index (κ3) is 5.46. The smallest absolute Gasteiger partial charge is 0.387 e. The highest BCUT2D eigenvalue weighted by Gasteiger charge is 2.26. The first kappa shape index (κ1) is 21.9. The Balaban J connectivity index is 1.35. The molecule has 2 aromatic carbocycles. The largest absolute Gasteiger partial charge is 0.433 e. The molecule has 1 aliphatic rings. The second kappa shape index (κ2) is 10.3. The maximum atomic E-state index is 12.7. The van der Waals surface area contributed by atoms with Crippen LogP contribution >= 0.6 is 0 Å². The molecule has 0 radical (unpaired) electrons. The second-order valence-corrected chi connectivity index (χ2v) is 7.63. The molecule has 1 aliphatic heterocycles. The Bertz CT molecular complexity index is 1020. The van der Waals surface area contributed by atoms with Gasteiger partial charge >= 0.3 is 6.61 Å². The lowest BCUT2D eigenvalue weighted by Crippen LogP contribution is -2.44. The first-order valence-corrected chi connectivity index (χ1v) is 10.9. The van der Waals surface area contributed by atoms with Crippen molar-refractivity contribution in [3.8, 4) is 5.75 Å². The van der Waals surface area contributed by atoms with Crippen molar-refractivity contribution in [3.05, 3.63) is 54.4 Å². The Morgan fingerprint density at radius 3 is 2.88 bits per heavy atom. The first-order chi connectivity index (χ1) is 15.6. The Morgan fingerprint density at radius 1 is 1.25 bits per heavy atom. The lowest BCUT2D eigenvalue weighted by atomic mass is 10.2. The number of fused-ring (bicyclic) bond motifs is 1. The van der Waals surface area contributed by atoms with Gasteiger partial charge in [-0.25, -0.2) is 4.98 Å². The highest BCUT2D eigenvalue weighted by Crippen LogP contribution is 2.31. The number of para-hydroxylation sites is 4. The standard InChI is InChI=1S/C23H28F2N6O/c1-2-26-23(27-13-11-21-29-17-7-3-4-8-18(17)30-21)28-16-12-14-31(15-16)19-9-5-6-10-20(19)32-22(24)25/h3-10,16,22H,2,11-15H2,1H3,(H,29,30)(H2,26,27,28). The number of aliphatic imine (C=N–C) groups is 1. The quantitative estimate of drug-likeness (QED) is 0.367. The van der Waals surface area contributed by atoms with E-state index in [0.29, 0.717) is 25.2 Å². The molecule has 7 nitrogen and oxygen atoms in total. The van der Waals surface area contributed by atoms with Crippen molar-refractivity contribution in [2.45, 2.75) is 32.4 Å². The number of aromatic amines is 1. The minimum atomic E-state index is -2.84. The summed E-state index contributed by atoms with van der Waals surface area (Å²) in [6.45, 7) is 1.95. The maximum Gasteiger partial charge on any atom is 0.387 e. The number of nitrogens with zero attached hydrogens (tertiary/aromatic N) is 3. The molecule has 1 saturated heterocycles. The molecule has 3 N–H and O–H groups in total. The number of benzene rings is 2. The molecule has 0 saturated carbocycles. The molecular formula is C23H28F2N6O. The fraction of sp³-hybridized carbons (Fsp3) is 0.391. The Hall–Kier alpha value is -3.36. The van der Waals surface area contributed by atoms with Gasteiger partial charge in [-0.3, -0.25) is 4.99 Å². The van der Waals surface area contributed by atoms with Crippen LogP contribution in [0.25, 0.3) is 11.0 Å². The molecule has 1 atom stereocenters. The number of nitrogens with one attached hydrogen (secondary N) is 3. The topological polar surface area (TPSA) is 77.6 Å². The maximum absolute atomic E-state index is 12.7. The van der Waals surface area contributed by atoms with Crippen LogP contribution in [0.2, 0.25) is 0 Å². The third-order valence-electron chi connectivity index (χ3n) is 5.35. The highest BCUT2D eigenvalue weighted by molar-refractivity contribution is 5.80. The molecular weight excluding hydrogens is 414 g/mol. The molecule has 0 spiro atoms. The Kier molecular flexibility index (Phi) is 7.03. The zero-order valence-electron chi connectivity index (χ0n) is 18.0. The molecule has 3 aromatic rings. The minimum absolute atomic E-state index is 0.151. The van der Waals surface area contributed by atoms with E-state index >= 15 is 0 Å². The Labute approximate surface area is 185 Å². The molecule has 0 bridgehead atoms. The molecule has 170 valence electrons. The second-order valence-electron chi connectivity index (χ2n) is 7.63. The van der Waals surface area contributed by atoms with Gasteiger partial charge in [0, 0.05) is 38.6 Å². The minimum Gasteiger partial charge on any atom is -0.433 e. The van der Waals surface area contributed by atoms with Gasteiger partial charge < -0.3 is 25.3 Å².